The smallest absolute Gasteiger partial charge is 0.196 e. The summed E-state index contributed by atoms with van der Waals surface area (Å²) < 4.78 is 11.8. The third kappa shape index (κ3) is 3.22. The molecular weight excluding hydrogens is 492 g/mol. The van der Waals surface area contributed by atoms with Crippen molar-refractivity contribution < 1.29 is 9.15 Å². The molecule has 0 spiro atoms. The summed E-state index contributed by atoms with van der Waals surface area (Å²) in [6.07, 6.45) is 7.95. The topological polar surface area (TPSA) is 47.3 Å². The van der Waals surface area contributed by atoms with Gasteiger partial charge in [-0.2, -0.15) is 0 Å². The number of rotatable bonds is 4. The third-order valence-electron chi connectivity index (χ3n) is 8.88. The molecular formula is C36H30N2O2. The Bertz CT molecular complexity index is 1830. The number of benzene rings is 4. The summed E-state index contributed by atoms with van der Waals surface area (Å²) in [6.45, 7) is 4.51. The lowest BCUT2D eigenvalue weighted by Crippen LogP contribution is -2.30. The molecule has 5 aromatic rings. The van der Waals surface area contributed by atoms with Crippen molar-refractivity contribution in [3.63, 3.8) is 0 Å². The van der Waals surface area contributed by atoms with Crippen LogP contribution in [0.15, 0.2) is 113 Å². The number of hydrogen-bond acceptors (Lipinski definition) is 4. The van der Waals surface area contributed by atoms with E-state index < -0.39 is 0 Å². The zero-order valence-electron chi connectivity index (χ0n) is 22.6. The lowest BCUT2D eigenvalue weighted by atomic mass is 9.65. The SMILES string of the molecule is CC(C)c1ccc(C2(c3ccc(C4Nc5ccc6ocnc6c5O4)cc3)C3=C(C=CCC3)c3ccccc32)cc1. The van der Waals surface area contributed by atoms with Crippen LogP contribution in [0.2, 0.25) is 0 Å². The van der Waals surface area contributed by atoms with E-state index in [1.807, 2.05) is 12.1 Å². The first-order valence-electron chi connectivity index (χ1n) is 14.1. The molecule has 40 heavy (non-hydrogen) atoms. The van der Waals surface area contributed by atoms with Gasteiger partial charge in [-0.1, -0.05) is 98.8 Å². The van der Waals surface area contributed by atoms with Crippen LogP contribution in [0.25, 0.3) is 16.7 Å². The lowest BCUT2D eigenvalue weighted by Gasteiger charge is -2.36. The second kappa shape index (κ2) is 8.72. The Balaban J connectivity index is 1.26. The number of nitrogens with zero attached hydrogens (tertiary/aromatic N) is 1. The average Bonchev–Trinajstić information content (AvgIpc) is 3.72. The van der Waals surface area contributed by atoms with Crippen LogP contribution >= 0.6 is 0 Å². The minimum Gasteiger partial charge on any atom is -0.462 e. The predicted molar refractivity (Wildman–Crippen MR) is 160 cm³/mol. The minimum absolute atomic E-state index is 0.282. The van der Waals surface area contributed by atoms with Gasteiger partial charge >= 0.3 is 0 Å². The summed E-state index contributed by atoms with van der Waals surface area (Å²) in [7, 11) is 0. The van der Waals surface area contributed by atoms with Crippen molar-refractivity contribution >= 4 is 22.4 Å². The minimum atomic E-state index is -0.329. The van der Waals surface area contributed by atoms with Crippen molar-refractivity contribution in [3.8, 4) is 5.75 Å². The quantitative estimate of drug-likeness (QED) is 0.256. The molecule has 3 aliphatic rings. The van der Waals surface area contributed by atoms with Crippen molar-refractivity contribution in [2.24, 2.45) is 0 Å². The van der Waals surface area contributed by atoms with Crippen LogP contribution in [-0.2, 0) is 5.41 Å². The summed E-state index contributed by atoms with van der Waals surface area (Å²) >= 11 is 0. The van der Waals surface area contributed by atoms with Crippen molar-refractivity contribution in [1.82, 2.24) is 4.98 Å². The molecule has 2 atom stereocenters. The van der Waals surface area contributed by atoms with Crippen molar-refractivity contribution in [1.29, 1.82) is 0 Å². The number of hydrogen-bond donors (Lipinski definition) is 1. The van der Waals surface area contributed by atoms with E-state index >= 15 is 0 Å². The van der Waals surface area contributed by atoms with Crippen molar-refractivity contribution in [3.05, 3.63) is 142 Å². The largest absolute Gasteiger partial charge is 0.462 e. The highest BCUT2D eigenvalue weighted by molar-refractivity contribution is 5.91. The zero-order valence-corrected chi connectivity index (χ0v) is 22.6. The second-order valence-corrected chi connectivity index (χ2v) is 11.3. The van der Waals surface area contributed by atoms with Gasteiger partial charge in [-0.05, 0) is 69.9 Å². The molecule has 1 aromatic heterocycles. The van der Waals surface area contributed by atoms with Gasteiger partial charge in [-0.15, -0.1) is 0 Å². The van der Waals surface area contributed by atoms with Crippen LogP contribution in [0.4, 0.5) is 5.69 Å². The Labute approximate surface area is 234 Å². The van der Waals surface area contributed by atoms with Crippen molar-refractivity contribution in [2.75, 3.05) is 5.32 Å². The van der Waals surface area contributed by atoms with Gasteiger partial charge in [0.15, 0.2) is 29.5 Å². The molecule has 8 rings (SSSR count). The van der Waals surface area contributed by atoms with E-state index in [1.165, 1.54) is 45.4 Å². The summed E-state index contributed by atoms with van der Waals surface area (Å²) in [5.41, 5.74) is 12.7. The standard InChI is InChI=1S/C36H30N2O2/c1-22(2)23-11-15-25(16-12-23)36(29-9-5-3-7-27(29)28-8-4-6-10-30(28)36)26-17-13-24(14-18-26)35-38-31-19-20-32-33(34(31)40-35)37-21-39-32/h3-5,7-9,11-22,35,38H,6,10H2,1-2H3. The number of aromatic nitrogens is 1. The van der Waals surface area contributed by atoms with Gasteiger partial charge in [0.1, 0.15) is 0 Å². The normalized spacial score (nSPS) is 20.8. The Morgan fingerprint density at radius 1 is 0.900 bits per heavy atom. The monoisotopic (exact) mass is 522 g/mol. The Morgan fingerprint density at radius 3 is 2.48 bits per heavy atom. The molecule has 0 saturated heterocycles. The molecule has 0 radical (unpaired) electrons. The van der Waals surface area contributed by atoms with Gasteiger partial charge in [-0.3, -0.25) is 0 Å². The molecule has 0 fully saturated rings. The van der Waals surface area contributed by atoms with E-state index in [1.54, 1.807) is 0 Å². The summed E-state index contributed by atoms with van der Waals surface area (Å²) in [5.74, 6) is 1.24. The highest BCUT2D eigenvalue weighted by Crippen LogP contribution is 2.57. The fourth-order valence-corrected chi connectivity index (χ4v) is 6.94. The molecule has 4 nitrogen and oxygen atoms in total. The van der Waals surface area contributed by atoms with Gasteiger partial charge in [0, 0.05) is 5.56 Å². The fourth-order valence-electron chi connectivity index (χ4n) is 6.94. The highest BCUT2D eigenvalue weighted by atomic mass is 16.5. The van der Waals surface area contributed by atoms with Crippen LogP contribution < -0.4 is 10.1 Å². The van der Waals surface area contributed by atoms with Crippen LogP contribution in [0.5, 0.6) is 5.75 Å². The molecule has 0 saturated carbocycles. The van der Waals surface area contributed by atoms with Crippen LogP contribution in [-0.4, -0.2) is 4.98 Å². The molecule has 2 heterocycles. The van der Waals surface area contributed by atoms with Crippen LogP contribution in [0.1, 0.15) is 72.2 Å². The van der Waals surface area contributed by atoms with Gasteiger partial charge in [0.05, 0.1) is 11.1 Å². The maximum Gasteiger partial charge on any atom is 0.196 e. The number of ether oxygens (including phenoxy) is 1. The van der Waals surface area contributed by atoms with Crippen LogP contribution in [0, 0.1) is 0 Å². The number of anilines is 1. The summed E-state index contributed by atoms with van der Waals surface area (Å²) in [6, 6.07) is 31.3. The Morgan fingerprint density at radius 2 is 1.68 bits per heavy atom. The molecule has 4 heteroatoms. The Hall–Kier alpha value is -4.57. The zero-order chi connectivity index (χ0) is 26.8. The maximum absolute atomic E-state index is 6.37. The fraction of sp³-hybridized carbons (Fsp3) is 0.194. The highest BCUT2D eigenvalue weighted by Gasteiger charge is 2.47. The molecule has 0 bridgehead atoms. The van der Waals surface area contributed by atoms with Gasteiger partial charge in [-0.25, -0.2) is 4.98 Å². The van der Waals surface area contributed by atoms with E-state index in [0.29, 0.717) is 5.92 Å². The van der Waals surface area contributed by atoms with E-state index in [9.17, 15) is 0 Å². The molecule has 1 N–H and O–H groups in total. The van der Waals surface area contributed by atoms with Crippen LogP contribution in [0.3, 0.4) is 0 Å². The number of nitrogens with one attached hydrogen (secondary N) is 1. The molecule has 2 unspecified atom stereocenters. The van der Waals surface area contributed by atoms with E-state index in [-0.39, 0.29) is 11.6 Å². The number of fused-ring (bicyclic) bond motifs is 5. The van der Waals surface area contributed by atoms with E-state index in [4.69, 9.17) is 9.15 Å². The summed E-state index contributed by atoms with van der Waals surface area (Å²) in [4.78, 5) is 4.36. The molecule has 4 aromatic carbocycles. The van der Waals surface area contributed by atoms with Crippen molar-refractivity contribution in [2.45, 2.75) is 44.2 Å². The molecule has 196 valence electrons. The van der Waals surface area contributed by atoms with E-state index in [0.717, 1.165) is 40.9 Å². The molecule has 2 aliphatic carbocycles. The molecule has 1 aliphatic heterocycles. The van der Waals surface area contributed by atoms with Gasteiger partial charge < -0.3 is 14.5 Å². The first-order chi connectivity index (χ1) is 19.6. The molecule has 0 amide bonds. The Kier molecular flexibility index (Phi) is 5.09. The predicted octanol–water partition coefficient (Wildman–Crippen LogP) is 8.91. The number of allylic oxidation sites excluding steroid dienone is 4. The number of oxazole rings is 1. The third-order valence-corrected chi connectivity index (χ3v) is 8.88. The average molecular weight is 523 g/mol. The first-order valence-corrected chi connectivity index (χ1v) is 14.1. The lowest BCUT2D eigenvalue weighted by molar-refractivity contribution is 0.262. The maximum atomic E-state index is 6.37. The second-order valence-electron chi connectivity index (χ2n) is 11.3. The summed E-state index contributed by atoms with van der Waals surface area (Å²) in [5, 5.41) is 3.52. The van der Waals surface area contributed by atoms with Gasteiger partial charge in [0.2, 0.25) is 0 Å². The first kappa shape index (κ1) is 23.3. The van der Waals surface area contributed by atoms with E-state index in [2.05, 4.69) is 109 Å². The van der Waals surface area contributed by atoms with Gasteiger partial charge in [0.25, 0.3) is 0 Å².